The third-order valence-corrected chi connectivity index (χ3v) is 4.86. The highest BCUT2D eigenvalue weighted by atomic mass is 35.5. The van der Waals surface area contributed by atoms with E-state index < -0.39 is 5.41 Å². The van der Waals surface area contributed by atoms with Gasteiger partial charge in [-0.2, -0.15) is 0 Å². The van der Waals surface area contributed by atoms with Crippen molar-refractivity contribution in [3.63, 3.8) is 0 Å². The highest BCUT2D eigenvalue weighted by molar-refractivity contribution is 6.30. The quantitative estimate of drug-likeness (QED) is 0.831. The summed E-state index contributed by atoms with van der Waals surface area (Å²) in [5, 5.41) is 3.88. The van der Waals surface area contributed by atoms with Crippen molar-refractivity contribution in [1.82, 2.24) is 5.32 Å². The molecule has 1 fully saturated rings. The first-order valence-electron chi connectivity index (χ1n) is 8.24. The number of halogens is 1. The predicted octanol–water partition coefficient (Wildman–Crippen LogP) is 3.75. The fourth-order valence-electron chi connectivity index (χ4n) is 3.12. The molecular formula is C20H22ClNO2. The molecule has 4 heteroatoms. The maximum Gasteiger partial charge on any atom is 0.230 e. The van der Waals surface area contributed by atoms with Crippen LogP contribution in [0, 0.1) is 0 Å². The van der Waals surface area contributed by atoms with Gasteiger partial charge in [-0.3, -0.25) is 4.79 Å². The Labute approximate surface area is 148 Å². The van der Waals surface area contributed by atoms with Gasteiger partial charge in [0.05, 0.1) is 18.1 Å². The summed E-state index contributed by atoms with van der Waals surface area (Å²) in [5.74, 6) is 0.0859. The molecule has 3 rings (SSSR count). The minimum absolute atomic E-state index is 0.0327. The molecule has 1 atom stereocenters. The van der Waals surface area contributed by atoms with Crippen LogP contribution in [0.1, 0.15) is 24.0 Å². The monoisotopic (exact) mass is 343 g/mol. The molecule has 0 aliphatic heterocycles. The molecule has 0 unspecified atom stereocenters. The van der Waals surface area contributed by atoms with E-state index in [-0.39, 0.29) is 11.9 Å². The molecule has 0 bridgehead atoms. The van der Waals surface area contributed by atoms with Gasteiger partial charge in [0.2, 0.25) is 5.91 Å². The molecule has 0 radical (unpaired) electrons. The van der Waals surface area contributed by atoms with Crippen LogP contribution < -0.4 is 5.32 Å². The number of nitrogens with one attached hydrogen (secondary N) is 1. The zero-order chi connectivity index (χ0) is 17.0. The van der Waals surface area contributed by atoms with E-state index in [4.69, 9.17) is 16.3 Å². The van der Waals surface area contributed by atoms with Crippen molar-refractivity contribution >= 4 is 17.5 Å². The second-order valence-electron chi connectivity index (χ2n) is 6.40. The summed E-state index contributed by atoms with van der Waals surface area (Å²) in [6.07, 6.45) is 2.52. The van der Waals surface area contributed by atoms with Gasteiger partial charge in [0.15, 0.2) is 0 Å². The smallest absolute Gasteiger partial charge is 0.230 e. The molecule has 1 N–H and O–H groups in total. The Morgan fingerprint density at radius 2 is 1.83 bits per heavy atom. The fourth-order valence-corrected chi connectivity index (χ4v) is 3.24. The first-order chi connectivity index (χ1) is 11.6. The van der Waals surface area contributed by atoms with Crippen LogP contribution in [-0.4, -0.2) is 25.7 Å². The molecule has 3 nitrogen and oxygen atoms in total. The van der Waals surface area contributed by atoms with Crippen molar-refractivity contribution in [2.75, 3.05) is 13.7 Å². The van der Waals surface area contributed by atoms with Crippen LogP contribution in [0.5, 0.6) is 0 Å². The second kappa shape index (κ2) is 7.37. The lowest BCUT2D eigenvalue weighted by atomic mass is 9.94. The molecule has 1 aliphatic carbocycles. The van der Waals surface area contributed by atoms with E-state index in [9.17, 15) is 4.79 Å². The van der Waals surface area contributed by atoms with Crippen molar-refractivity contribution in [3.05, 3.63) is 70.7 Å². The molecule has 126 valence electrons. The number of carbonyl (C=O) groups is 1. The number of rotatable bonds is 7. The summed E-state index contributed by atoms with van der Waals surface area (Å²) in [6, 6.07) is 17.7. The third-order valence-electron chi connectivity index (χ3n) is 4.61. The maximum atomic E-state index is 12.9. The zero-order valence-corrected chi connectivity index (χ0v) is 14.6. The van der Waals surface area contributed by atoms with Crippen LogP contribution in [0.3, 0.4) is 0 Å². The molecule has 2 aromatic carbocycles. The molecule has 0 heterocycles. The Bertz CT molecular complexity index is 681. The Kier molecular flexibility index (Phi) is 5.22. The number of hydrogen-bond donors (Lipinski definition) is 1. The van der Waals surface area contributed by atoms with Crippen LogP contribution >= 0.6 is 11.6 Å². The highest BCUT2D eigenvalue weighted by Gasteiger charge is 2.51. The number of carbonyl (C=O) groups excluding carboxylic acids is 1. The van der Waals surface area contributed by atoms with Gasteiger partial charge >= 0.3 is 0 Å². The van der Waals surface area contributed by atoms with Crippen molar-refractivity contribution in [2.45, 2.75) is 30.7 Å². The van der Waals surface area contributed by atoms with Gasteiger partial charge in [0.25, 0.3) is 0 Å². The van der Waals surface area contributed by atoms with E-state index in [0.717, 1.165) is 24.8 Å². The van der Waals surface area contributed by atoms with Gasteiger partial charge in [-0.05, 0) is 42.5 Å². The van der Waals surface area contributed by atoms with E-state index >= 15 is 0 Å². The van der Waals surface area contributed by atoms with Crippen molar-refractivity contribution in [2.24, 2.45) is 0 Å². The average molecular weight is 344 g/mol. The van der Waals surface area contributed by atoms with Crippen LogP contribution in [0.25, 0.3) is 0 Å². The standard InChI is InChI=1S/C20H22ClNO2/c1-24-14-18(13-15-5-3-2-4-6-15)22-19(23)20(11-12-20)16-7-9-17(21)10-8-16/h2-10,18H,11-14H2,1H3,(H,22,23)/t18-/m0/s1. The highest BCUT2D eigenvalue weighted by Crippen LogP contribution is 2.48. The first kappa shape index (κ1) is 17.0. The summed E-state index contributed by atoms with van der Waals surface area (Å²) >= 11 is 5.96. The van der Waals surface area contributed by atoms with Crippen LogP contribution in [-0.2, 0) is 21.4 Å². The van der Waals surface area contributed by atoms with E-state index in [1.54, 1.807) is 7.11 Å². The maximum absolute atomic E-state index is 12.9. The molecule has 0 aromatic heterocycles. The normalized spacial score (nSPS) is 16.4. The number of ether oxygens (including phenoxy) is 1. The molecule has 2 aromatic rings. The number of benzene rings is 2. The van der Waals surface area contributed by atoms with Gasteiger partial charge in [0.1, 0.15) is 0 Å². The molecule has 1 aliphatic rings. The van der Waals surface area contributed by atoms with E-state index in [0.29, 0.717) is 11.6 Å². The lowest BCUT2D eigenvalue weighted by molar-refractivity contribution is -0.124. The predicted molar refractivity (Wildman–Crippen MR) is 96.3 cm³/mol. The number of amides is 1. The minimum atomic E-state index is -0.396. The largest absolute Gasteiger partial charge is 0.383 e. The number of hydrogen-bond acceptors (Lipinski definition) is 2. The summed E-state index contributed by atoms with van der Waals surface area (Å²) in [7, 11) is 1.66. The molecule has 0 saturated heterocycles. The van der Waals surface area contributed by atoms with Gasteiger partial charge in [-0.1, -0.05) is 54.1 Å². The van der Waals surface area contributed by atoms with Crippen LogP contribution in [0.4, 0.5) is 0 Å². The van der Waals surface area contributed by atoms with Gasteiger partial charge < -0.3 is 10.1 Å². The van der Waals surface area contributed by atoms with E-state index in [2.05, 4.69) is 17.4 Å². The lowest BCUT2D eigenvalue weighted by Crippen LogP contribution is -2.44. The molecular weight excluding hydrogens is 322 g/mol. The summed E-state index contributed by atoms with van der Waals surface area (Å²) in [5.41, 5.74) is 1.84. The van der Waals surface area contributed by atoms with Gasteiger partial charge in [-0.15, -0.1) is 0 Å². The third kappa shape index (κ3) is 3.80. The lowest BCUT2D eigenvalue weighted by Gasteiger charge is -2.22. The van der Waals surface area contributed by atoms with Crippen LogP contribution in [0.2, 0.25) is 5.02 Å². The minimum Gasteiger partial charge on any atom is -0.383 e. The van der Waals surface area contributed by atoms with Crippen molar-refractivity contribution < 1.29 is 9.53 Å². The summed E-state index contributed by atoms with van der Waals surface area (Å²) in [6.45, 7) is 0.497. The first-order valence-corrected chi connectivity index (χ1v) is 8.62. The Balaban J connectivity index is 1.70. The second-order valence-corrected chi connectivity index (χ2v) is 6.84. The van der Waals surface area contributed by atoms with Crippen molar-refractivity contribution in [1.29, 1.82) is 0 Å². The number of methoxy groups -OCH3 is 1. The molecule has 24 heavy (non-hydrogen) atoms. The molecule has 1 amide bonds. The molecule has 1 saturated carbocycles. The Morgan fingerprint density at radius 3 is 2.42 bits per heavy atom. The molecule has 0 spiro atoms. The zero-order valence-electron chi connectivity index (χ0n) is 13.8. The van der Waals surface area contributed by atoms with E-state index in [1.807, 2.05) is 42.5 Å². The van der Waals surface area contributed by atoms with Crippen LogP contribution in [0.15, 0.2) is 54.6 Å². The average Bonchev–Trinajstić information content (AvgIpc) is 3.38. The van der Waals surface area contributed by atoms with E-state index in [1.165, 1.54) is 5.56 Å². The topological polar surface area (TPSA) is 38.3 Å². The fraction of sp³-hybridized carbons (Fsp3) is 0.350. The Morgan fingerprint density at radius 1 is 1.17 bits per heavy atom. The summed E-state index contributed by atoms with van der Waals surface area (Å²) < 4.78 is 5.30. The SMILES string of the molecule is COC[C@H](Cc1ccccc1)NC(=O)C1(c2ccc(Cl)cc2)CC1. The Hall–Kier alpha value is -1.84. The summed E-state index contributed by atoms with van der Waals surface area (Å²) in [4.78, 5) is 12.9. The van der Waals surface area contributed by atoms with Gasteiger partial charge in [0, 0.05) is 12.1 Å². The van der Waals surface area contributed by atoms with Gasteiger partial charge in [-0.25, -0.2) is 0 Å². The van der Waals surface area contributed by atoms with Crippen molar-refractivity contribution in [3.8, 4) is 0 Å².